The SMILES string of the molecule is COCC(C)(C)c1cccnc1. The molecule has 0 unspecified atom stereocenters. The minimum atomic E-state index is 0.0585. The number of aromatic nitrogens is 1. The van der Waals surface area contributed by atoms with Crippen molar-refractivity contribution in [1.82, 2.24) is 4.98 Å². The molecule has 0 aliphatic rings. The number of pyridine rings is 1. The molecule has 1 rings (SSSR count). The van der Waals surface area contributed by atoms with E-state index in [1.807, 2.05) is 12.3 Å². The summed E-state index contributed by atoms with van der Waals surface area (Å²) in [5, 5.41) is 0. The van der Waals surface area contributed by atoms with Crippen LogP contribution in [0.25, 0.3) is 0 Å². The molecule has 12 heavy (non-hydrogen) atoms. The number of nitrogens with zero attached hydrogens (tertiary/aromatic N) is 1. The molecular formula is C10H15NO. The molecule has 0 N–H and O–H groups in total. The maximum atomic E-state index is 5.13. The number of ether oxygens (including phenoxy) is 1. The van der Waals surface area contributed by atoms with Crippen molar-refractivity contribution >= 4 is 0 Å². The van der Waals surface area contributed by atoms with Gasteiger partial charge in [-0.3, -0.25) is 4.98 Å². The molecule has 0 radical (unpaired) electrons. The maximum Gasteiger partial charge on any atom is 0.0554 e. The molecule has 0 atom stereocenters. The second-order valence-corrected chi connectivity index (χ2v) is 3.56. The zero-order valence-corrected chi connectivity index (χ0v) is 7.87. The lowest BCUT2D eigenvalue weighted by molar-refractivity contribution is 0.146. The Morgan fingerprint density at radius 2 is 2.25 bits per heavy atom. The first-order valence-electron chi connectivity index (χ1n) is 4.06. The highest BCUT2D eigenvalue weighted by atomic mass is 16.5. The smallest absolute Gasteiger partial charge is 0.0554 e. The molecule has 0 aromatic carbocycles. The summed E-state index contributed by atoms with van der Waals surface area (Å²) in [4.78, 5) is 4.08. The summed E-state index contributed by atoms with van der Waals surface area (Å²) in [5.74, 6) is 0. The van der Waals surface area contributed by atoms with Gasteiger partial charge in [-0.25, -0.2) is 0 Å². The molecule has 2 nitrogen and oxygen atoms in total. The van der Waals surface area contributed by atoms with E-state index in [0.29, 0.717) is 0 Å². The first-order valence-corrected chi connectivity index (χ1v) is 4.06. The second kappa shape index (κ2) is 3.68. The van der Waals surface area contributed by atoms with Crippen molar-refractivity contribution < 1.29 is 4.74 Å². The molecule has 0 fully saturated rings. The van der Waals surface area contributed by atoms with E-state index in [1.165, 1.54) is 5.56 Å². The van der Waals surface area contributed by atoms with Crippen LogP contribution >= 0.6 is 0 Å². The summed E-state index contributed by atoms with van der Waals surface area (Å²) in [6.45, 7) is 5.01. The Kier molecular flexibility index (Phi) is 2.82. The van der Waals surface area contributed by atoms with Crippen LogP contribution in [0.1, 0.15) is 19.4 Å². The third kappa shape index (κ3) is 2.05. The van der Waals surface area contributed by atoms with E-state index in [-0.39, 0.29) is 5.41 Å². The topological polar surface area (TPSA) is 22.1 Å². The van der Waals surface area contributed by atoms with E-state index in [1.54, 1.807) is 13.3 Å². The van der Waals surface area contributed by atoms with E-state index < -0.39 is 0 Å². The molecule has 0 saturated carbocycles. The average Bonchev–Trinajstić information content (AvgIpc) is 2.06. The van der Waals surface area contributed by atoms with Gasteiger partial charge >= 0.3 is 0 Å². The van der Waals surface area contributed by atoms with Gasteiger partial charge in [-0.1, -0.05) is 19.9 Å². The zero-order valence-electron chi connectivity index (χ0n) is 7.87. The Balaban J connectivity index is 2.82. The molecule has 0 aliphatic carbocycles. The molecule has 0 amide bonds. The van der Waals surface area contributed by atoms with Gasteiger partial charge in [0.1, 0.15) is 0 Å². The Morgan fingerprint density at radius 3 is 2.75 bits per heavy atom. The Bertz CT molecular complexity index is 231. The number of methoxy groups -OCH3 is 1. The summed E-state index contributed by atoms with van der Waals surface area (Å²) in [6, 6.07) is 4.03. The highest BCUT2D eigenvalue weighted by Gasteiger charge is 2.19. The molecular weight excluding hydrogens is 150 g/mol. The van der Waals surface area contributed by atoms with Gasteiger partial charge in [-0.15, -0.1) is 0 Å². The van der Waals surface area contributed by atoms with Crippen LogP contribution < -0.4 is 0 Å². The number of hydrogen-bond donors (Lipinski definition) is 0. The summed E-state index contributed by atoms with van der Waals surface area (Å²) < 4.78 is 5.13. The van der Waals surface area contributed by atoms with Crippen LogP contribution in [-0.4, -0.2) is 18.7 Å². The fourth-order valence-corrected chi connectivity index (χ4v) is 1.21. The van der Waals surface area contributed by atoms with Crippen molar-refractivity contribution in [3.05, 3.63) is 30.1 Å². The lowest BCUT2D eigenvalue weighted by atomic mass is 9.87. The van der Waals surface area contributed by atoms with Gasteiger partial charge in [-0.2, -0.15) is 0 Å². The molecule has 0 spiro atoms. The summed E-state index contributed by atoms with van der Waals surface area (Å²) >= 11 is 0. The molecule has 1 aromatic heterocycles. The van der Waals surface area contributed by atoms with Gasteiger partial charge in [0.15, 0.2) is 0 Å². The summed E-state index contributed by atoms with van der Waals surface area (Å²) in [6.07, 6.45) is 3.67. The van der Waals surface area contributed by atoms with Crippen molar-refractivity contribution in [3.63, 3.8) is 0 Å². The third-order valence-corrected chi connectivity index (χ3v) is 1.95. The van der Waals surface area contributed by atoms with E-state index in [4.69, 9.17) is 4.74 Å². The number of hydrogen-bond acceptors (Lipinski definition) is 2. The molecule has 2 heteroatoms. The summed E-state index contributed by atoms with van der Waals surface area (Å²) in [5.41, 5.74) is 1.27. The normalized spacial score (nSPS) is 11.6. The van der Waals surface area contributed by atoms with Crippen LogP contribution in [0.2, 0.25) is 0 Å². The van der Waals surface area contributed by atoms with Gasteiger partial charge in [0.25, 0.3) is 0 Å². The zero-order chi connectivity index (χ0) is 9.03. The Labute approximate surface area is 73.6 Å². The van der Waals surface area contributed by atoms with Crippen molar-refractivity contribution in [2.75, 3.05) is 13.7 Å². The fourth-order valence-electron chi connectivity index (χ4n) is 1.21. The largest absolute Gasteiger partial charge is 0.384 e. The summed E-state index contributed by atoms with van der Waals surface area (Å²) in [7, 11) is 1.72. The van der Waals surface area contributed by atoms with Gasteiger partial charge < -0.3 is 4.74 Å². The van der Waals surface area contributed by atoms with Gasteiger partial charge in [0, 0.05) is 24.9 Å². The quantitative estimate of drug-likeness (QED) is 0.683. The van der Waals surface area contributed by atoms with Crippen LogP contribution in [0.3, 0.4) is 0 Å². The van der Waals surface area contributed by atoms with E-state index in [9.17, 15) is 0 Å². The van der Waals surface area contributed by atoms with Gasteiger partial charge in [-0.05, 0) is 11.6 Å². The van der Waals surface area contributed by atoms with Crippen LogP contribution in [0.4, 0.5) is 0 Å². The first-order chi connectivity index (χ1) is 5.67. The van der Waals surface area contributed by atoms with Gasteiger partial charge in [0.05, 0.1) is 6.61 Å². The monoisotopic (exact) mass is 165 g/mol. The van der Waals surface area contributed by atoms with Crippen LogP contribution in [0.5, 0.6) is 0 Å². The molecule has 1 aromatic rings. The Hall–Kier alpha value is -0.890. The fraction of sp³-hybridized carbons (Fsp3) is 0.500. The predicted molar refractivity (Wildman–Crippen MR) is 49.1 cm³/mol. The maximum absolute atomic E-state index is 5.13. The lowest BCUT2D eigenvalue weighted by Gasteiger charge is -2.23. The average molecular weight is 165 g/mol. The standard InChI is InChI=1S/C10H15NO/c1-10(2,8-12-3)9-5-4-6-11-7-9/h4-7H,8H2,1-3H3. The minimum Gasteiger partial charge on any atom is -0.384 e. The highest BCUT2D eigenvalue weighted by Crippen LogP contribution is 2.21. The van der Waals surface area contributed by atoms with E-state index in [2.05, 4.69) is 24.9 Å². The van der Waals surface area contributed by atoms with Crippen LogP contribution in [0.15, 0.2) is 24.5 Å². The van der Waals surface area contributed by atoms with Gasteiger partial charge in [0.2, 0.25) is 0 Å². The molecule has 0 bridgehead atoms. The van der Waals surface area contributed by atoms with Crippen molar-refractivity contribution in [2.45, 2.75) is 19.3 Å². The molecule has 0 saturated heterocycles. The third-order valence-electron chi connectivity index (χ3n) is 1.95. The van der Waals surface area contributed by atoms with Crippen molar-refractivity contribution in [2.24, 2.45) is 0 Å². The van der Waals surface area contributed by atoms with Crippen molar-refractivity contribution in [3.8, 4) is 0 Å². The Morgan fingerprint density at radius 1 is 1.50 bits per heavy atom. The van der Waals surface area contributed by atoms with Crippen LogP contribution in [0, 0.1) is 0 Å². The van der Waals surface area contributed by atoms with Crippen molar-refractivity contribution in [1.29, 1.82) is 0 Å². The van der Waals surface area contributed by atoms with E-state index in [0.717, 1.165) is 6.61 Å². The van der Waals surface area contributed by atoms with Crippen LogP contribution in [-0.2, 0) is 10.2 Å². The predicted octanol–water partition coefficient (Wildman–Crippen LogP) is 2.01. The molecule has 0 aliphatic heterocycles. The number of rotatable bonds is 3. The molecule has 66 valence electrons. The second-order valence-electron chi connectivity index (χ2n) is 3.56. The first kappa shape index (κ1) is 9.20. The lowest BCUT2D eigenvalue weighted by Crippen LogP contribution is -2.23. The highest BCUT2D eigenvalue weighted by molar-refractivity contribution is 5.19. The van der Waals surface area contributed by atoms with E-state index >= 15 is 0 Å². The molecule has 1 heterocycles. The minimum absolute atomic E-state index is 0.0585.